The fourth-order valence-electron chi connectivity index (χ4n) is 1.14. The van der Waals surface area contributed by atoms with Crippen molar-refractivity contribution in [1.29, 1.82) is 0 Å². The summed E-state index contributed by atoms with van der Waals surface area (Å²) in [5, 5.41) is 0. The third-order valence-electron chi connectivity index (χ3n) is 2.05. The Hall–Kier alpha value is -1.07. The van der Waals surface area contributed by atoms with Gasteiger partial charge in [0.05, 0.1) is 19.8 Å². The van der Waals surface area contributed by atoms with E-state index in [1.807, 2.05) is 0 Å². The van der Waals surface area contributed by atoms with Gasteiger partial charge in [0.25, 0.3) is 0 Å². The summed E-state index contributed by atoms with van der Waals surface area (Å²) in [6, 6.07) is 1.32. The van der Waals surface area contributed by atoms with Crippen molar-refractivity contribution in [2.24, 2.45) is 0 Å². The smallest absolute Gasteiger partial charge is 0.161 e. The molecule has 0 aromatic heterocycles. The van der Waals surface area contributed by atoms with Crippen molar-refractivity contribution >= 4 is 0 Å². The second-order valence-corrected chi connectivity index (χ2v) is 3.33. The normalized spacial score (nSPS) is 19.3. The van der Waals surface area contributed by atoms with Gasteiger partial charge in [-0.25, -0.2) is 13.2 Å². The van der Waals surface area contributed by atoms with Crippen molar-refractivity contribution < 1.29 is 22.6 Å². The predicted octanol–water partition coefficient (Wildman–Crippen LogP) is 2.02. The summed E-state index contributed by atoms with van der Waals surface area (Å²) in [6.45, 7) is 0.904. The standard InChI is InChI=1S/C10H9F3O2/c11-8-2-10(13)9(12)1-6(8)3-14-4-7-5-15-7/h1-2,7H,3-5H2/t7-/m0/s1. The fraction of sp³-hybridized carbons (Fsp3) is 0.400. The molecular formula is C10H9F3O2. The van der Waals surface area contributed by atoms with E-state index in [0.717, 1.165) is 6.07 Å². The molecule has 1 atom stereocenters. The van der Waals surface area contributed by atoms with Crippen molar-refractivity contribution in [2.45, 2.75) is 12.7 Å². The molecule has 1 aliphatic heterocycles. The summed E-state index contributed by atoms with van der Waals surface area (Å²) in [7, 11) is 0. The fourth-order valence-corrected chi connectivity index (χ4v) is 1.14. The number of halogens is 3. The molecule has 1 fully saturated rings. The lowest BCUT2D eigenvalue weighted by Gasteiger charge is -2.04. The van der Waals surface area contributed by atoms with Gasteiger partial charge < -0.3 is 9.47 Å². The molecular weight excluding hydrogens is 209 g/mol. The molecule has 0 radical (unpaired) electrons. The van der Waals surface area contributed by atoms with Crippen LogP contribution < -0.4 is 0 Å². The Kier molecular flexibility index (Phi) is 2.93. The number of hydrogen-bond acceptors (Lipinski definition) is 2. The molecule has 0 spiro atoms. The average Bonchev–Trinajstić information content (AvgIpc) is 2.97. The molecule has 0 amide bonds. The Morgan fingerprint density at radius 2 is 1.87 bits per heavy atom. The van der Waals surface area contributed by atoms with Crippen LogP contribution in [0.5, 0.6) is 0 Å². The van der Waals surface area contributed by atoms with Crippen LogP contribution in [0.25, 0.3) is 0 Å². The van der Waals surface area contributed by atoms with Gasteiger partial charge in [0.2, 0.25) is 0 Å². The van der Waals surface area contributed by atoms with Gasteiger partial charge in [0, 0.05) is 11.6 Å². The Morgan fingerprint density at radius 1 is 1.20 bits per heavy atom. The molecule has 5 heteroatoms. The van der Waals surface area contributed by atoms with Crippen LogP contribution in [0.2, 0.25) is 0 Å². The van der Waals surface area contributed by atoms with E-state index in [9.17, 15) is 13.2 Å². The first-order valence-electron chi connectivity index (χ1n) is 4.49. The molecule has 1 saturated heterocycles. The van der Waals surface area contributed by atoms with E-state index >= 15 is 0 Å². The molecule has 2 nitrogen and oxygen atoms in total. The summed E-state index contributed by atoms with van der Waals surface area (Å²) < 4.78 is 48.3. The number of benzene rings is 1. The van der Waals surface area contributed by atoms with Crippen LogP contribution in [0.1, 0.15) is 5.56 Å². The highest BCUT2D eigenvalue weighted by atomic mass is 19.2. The number of rotatable bonds is 4. The maximum atomic E-state index is 13.1. The molecule has 1 aromatic rings. The molecule has 1 heterocycles. The number of epoxide rings is 1. The zero-order chi connectivity index (χ0) is 10.8. The highest BCUT2D eigenvalue weighted by molar-refractivity contribution is 5.19. The van der Waals surface area contributed by atoms with Crippen LogP contribution in [0, 0.1) is 17.5 Å². The van der Waals surface area contributed by atoms with E-state index in [1.54, 1.807) is 0 Å². The van der Waals surface area contributed by atoms with Gasteiger partial charge in [-0.2, -0.15) is 0 Å². The van der Waals surface area contributed by atoms with E-state index in [0.29, 0.717) is 19.3 Å². The highest BCUT2D eigenvalue weighted by Crippen LogP contribution is 2.16. The van der Waals surface area contributed by atoms with E-state index < -0.39 is 17.5 Å². The number of ether oxygens (including phenoxy) is 2. The SMILES string of the molecule is Fc1cc(F)c(COC[C@H]2CO2)cc1F. The van der Waals surface area contributed by atoms with Crippen LogP contribution >= 0.6 is 0 Å². The minimum absolute atomic E-state index is 0.00884. The van der Waals surface area contributed by atoms with Crippen molar-refractivity contribution in [3.8, 4) is 0 Å². The first-order chi connectivity index (χ1) is 7.16. The van der Waals surface area contributed by atoms with Crippen LogP contribution in [0.15, 0.2) is 12.1 Å². The van der Waals surface area contributed by atoms with Gasteiger partial charge in [0.1, 0.15) is 11.9 Å². The Morgan fingerprint density at radius 3 is 2.53 bits per heavy atom. The van der Waals surface area contributed by atoms with Crippen LogP contribution in [0.3, 0.4) is 0 Å². The lowest BCUT2D eigenvalue weighted by molar-refractivity contribution is 0.102. The Bertz CT molecular complexity index is 364. The molecule has 1 aliphatic rings. The van der Waals surface area contributed by atoms with Gasteiger partial charge in [-0.3, -0.25) is 0 Å². The highest BCUT2D eigenvalue weighted by Gasteiger charge is 2.22. The maximum Gasteiger partial charge on any atom is 0.161 e. The van der Waals surface area contributed by atoms with Gasteiger partial charge in [-0.05, 0) is 6.07 Å². The summed E-state index contributed by atoms with van der Waals surface area (Å²) >= 11 is 0. The van der Waals surface area contributed by atoms with E-state index in [1.165, 1.54) is 0 Å². The quantitative estimate of drug-likeness (QED) is 0.569. The van der Waals surface area contributed by atoms with E-state index in [4.69, 9.17) is 9.47 Å². The van der Waals surface area contributed by atoms with Crippen molar-refractivity contribution in [2.75, 3.05) is 13.2 Å². The molecule has 0 unspecified atom stereocenters. The Labute approximate surface area is 84.6 Å². The molecule has 1 aromatic carbocycles. The van der Waals surface area contributed by atoms with E-state index in [-0.39, 0.29) is 18.3 Å². The summed E-state index contributed by atoms with van der Waals surface area (Å²) in [6.07, 6.45) is 0.0679. The van der Waals surface area contributed by atoms with Crippen LogP contribution in [0.4, 0.5) is 13.2 Å². The minimum Gasteiger partial charge on any atom is -0.374 e. The third kappa shape index (κ3) is 2.70. The second kappa shape index (κ2) is 4.20. The predicted molar refractivity (Wildman–Crippen MR) is 45.7 cm³/mol. The Balaban J connectivity index is 1.96. The summed E-state index contributed by atoms with van der Waals surface area (Å²) in [4.78, 5) is 0. The zero-order valence-corrected chi connectivity index (χ0v) is 7.80. The van der Waals surface area contributed by atoms with Gasteiger partial charge in [-0.15, -0.1) is 0 Å². The molecule has 0 aliphatic carbocycles. The van der Waals surface area contributed by atoms with Crippen molar-refractivity contribution in [3.63, 3.8) is 0 Å². The van der Waals surface area contributed by atoms with Gasteiger partial charge >= 0.3 is 0 Å². The molecule has 0 bridgehead atoms. The largest absolute Gasteiger partial charge is 0.374 e. The second-order valence-electron chi connectivity index (χ2n) is 3.33. The minimum atomic E-state index is -1.19. The molecule has 0 saturated carbocycles. The topological polar surface area (TPSA) is 21.8 Å². The summed E-state index contributed by atoms with van der Waals surface area (Å²) in [5.74, 6) is -3.06. The first kappa shape index (κ1) is 10.4. The monoisotopic (exact) mass is 218 g/mol. The molecule has 0 N–H and O–H groups in total. The average molecular weight is 218 g/mol. The van der Waals surface area contributed by atoms with Gasteiger partial charge in [0.15, 0.2) is 11.6 Å². The lowest BCUT2D eigenvalue weighted by atomic mass is 10.2. The van der Waals surface area contributed by atoms with Crippen molar-refractivity contribution in [1.82, 2.24) is 0 Å². The third-order valence-corrected chi connectivity index (χ3v) is 2.05. The first-order valence-corrected chi connectivity index (χ1v) is 4.49. The molecule has 82 valence electrons. The van der Waals surface area contributed by atoms with Crippen molar-refractivity contribution in [3.05, 3.63) is 35.1 Å². The summed E-state index contributed by atoms with van der Waals surface area (Å²) in [5.41, 5.74) is 0.00884. The van der Waals surface area contributed by atoms with Crippen LogP contribution in [-0.2, 0) is 16.1 Å². The maximum absolute atomic E-state index is 13.1. The van der Waals surface area contributed by atoms with E-state index in [2.05, 4.69) is 0 Å². The lowest BCUT2D eigenvalue weighted by Crippen LogP contribution is -2.04. The zero-order valence-electron chi connectivity index (χ0n) is 7.80. The van der Waals surface area contributed by atoms with Crippen LogP contribution in [-0.4, -0.2) is 19.3 Å². The molecule has 15 heavy (non-hydrogen) atoms. The van der Waals surface area contributed by atoms with Gasteiger partial charge in [-0.1, -0.05) is 0 Å². The number of hydrogen-bond donors (Lipinski definition) is 0. The molecule has 2 rings (SSSR count).